The Morgan fingerprint density at radius 1 is 1.35 bits per heavy atom. The van der Waals surface area contributed by atoms with E-state index < -0.39 is 0 Å². The second-order valence-electron chi connectivity index (χ2n) is 6.53. The van der Waals surface area contributed by atoms with E-state index in [1.54, 1.807) is 0 Å². The molecule has 1 N–H and O–H groups in total. The second-order valence-corrected chi connectivity index (χ2v) is 6.53. The zero-order valence-electron chi connectivity index (χ0n) is 14.2. The molecule has 1 unspecified atom stereocenters. The summed E-state index contributed by atoms with van der Waals surface area (Å²) >= 11 is 0. The van der Waals surface area contributed by atoms with Gasteiger partial charge >= 0.3 is 0 Å². The van der Waals surface area contributed by atoms with Crippen LogP contribution in [-0.4, -0.2) is 32.9 Å². The minimum Gasteiger partial charge on any atom is -0.396 e. The van der Waals surface area contributed by atoms with E-state index in [1.165, 1.54) is 41.6 Å². The molecule has 1 heterocycles. The Balaban J connectivity index is 1.86. The van der Waals surface area contributed by atoms with Crippen molar-refractivity contribution in [2.45, 2.75) is 45.2 Å². The van der Waals surface area contributed by atoms with Crippen molar-refractivity contribution in [2.24, 2.45) is 7.05 Å². The van der Waals surface area contributed by atoms with Crippen LogP contribution >= 0.6 is 0 Å². The van der Waals surface area contributed by atoms with E-state index in [9.17, 15) is 5.11 Å². The Hall–Kier alpha value is -1.65. The van der Waals surface area contributed by atoms with Crippen LogP contribution in [0.2, 0.25) is 0 Å². The van der Waals surface area contributed by atoms with Crippen LogP contribution in [0.4, 0.5) is 0 Å². The van der Waals surface area contributed by atoms with Gasteiger partial charge in [0.15, 0.2) is 0 Å². The first-order valence-electron chi connectivity index (χ1n) is 8.61. The molecule has 4 nitrogen and oxygen atoms in total. The molecule has 3 rings (SSSR count). The maximum absolute atomic E-state index is 9.29. The third-order valence-electron chi connectivity index (χ3n) is 5.09. The second kappa shape index (κ2) is 7.28. The van der Waals surface area contributed by atoms with Crippen molar-refractivity contribution in [2.75, 3.05) is 13.2 Å². The maximum atomic E-state index is 9.29. The fourth-order valence-corrected chi connectivity index (χ4v) is 3.64. The summed E-state index contributed by atoms with van der Waals surface area (Å²) in [6.45, 7) is 4.20. The minimum atomic E-state index is 0.247. The summed E-state index contributed by atoms with van der Waals surface area (Å²) in [7, 11) is 1.99. The van der Waals surface area contributed by atoms with Gasteiger partial charge in [0.1, 0.15) is 0 Å². The fourth-order valence-electron chi connectivity index (χ4n) is 3.64. The molecule has 2 aromatic rings. The lowest BCUT2D eigenvalue weighted by Crippen LogP contribution is -2.32. The van der Waals surface area contributed by atoms with E-state index in [0.29, 0.717) is 6.04 Å². The standard InChI is InChI=1S/C19H27N3O/c1-15-17(13-20-21(15)2)14-22(11-6-12-23)19-10-5-8-16-7-3-4-9-18(16)19/h3-4,7,9,13,19,23H,5-6,8,10-12,14H2,1-2H3. The third kappa shape index (κ3) is 3.48. The molecule has 0 fully saturated rings. The summed E-state index contributed by atoms with van der Waals surface area (Å²) in [5, 5.41) is 13.7. The van der Waals surface area contributed by atoms with E-state index in [1.807, 2.05) is 17.9 Å². The number of aliphatic hydroxyl groups is 1. The Morgan fingerprint density at radius 3 is 2.91 bits per heavy atom. The van der Waals surface area contributed by atoms with Crippen LogP contribution in [-0.2, 0) is 20.0 Å². The first kappa shape index (κ1) is 16.2. The number of fused-ring (bicyclic) bond motifs is 1. The molecule has 1 atom stereocenters. The SMILES string of the molecule is Cc1c(CN(CCCO)C2CCCc3ccccc32)cnn1C. The Morgan fingerprint density at radius 2 is 2.17 bits per heavy atom. The highest BCUT2D eigenvalue weighted by atomic mass is 16.3. The van der Waals surface area contributed by atoms with Crippen molar-refractivity contribution in [1.82, 2.24) is 14.7 Å². The molecule has 0 amide bonds. The van der Waals surface area contributed by atoms with Gasteiger partial charge < -0.3 is 5.11 Å². The van der Waals surface area contributed by atoms with Gasteiger partial charge in [0.05, 0.1) is 6.20 Å². The van der Waals surface area contributed by atoms with E-state index in [-0.39, 0.29) is 6.61 Å². The molecule has 1 aromatic heterocycles. The molecule has 0 saturated carbocycles. The summed E-state index contributed by atoms with van der Waals surface area (Å²) in [6.07, 6.45) is 6.42. The predicted octanol–water partition coefficient (Wildman–Crippen LogP) is 2.99. The Bertz CT molecular complexity index is 650. The number of hydrogen-bond acceptors (Lipinski definition) is 3. The lowest BCUT2D eigenvalue weighted by atomic mass is 9.86. The highest BCUT2D eigenvalue weighted by molar-refractivity contribution is 5.32. The van der Waals surface area contributed by atoms with Crippen molar-refractivity contribution in [3.8, 4) is 0 Å². The van der Waals surface area contributed by atoms with Crippen molar-refractivity contribution in [3.63, 3.8) is 0 Å². The van der Waals surface area contributed by atoms with E-state index in [4.69, 9.17) is 0 Å². The smallest absolute Gasteiger partial charge is 0.0537 e. The van der Waals surface area contributed by atoms with Gasteiger partial charge in [-0.25, -0.2) is 0 Å². The largest absolute Gasteiger partial charge is 0.396 e. The van der Waals surface area contributed by atoms with E-state index in [2.05, 4.69) is 41.2 Å². The van der Waals surface area contributed by atoms with Crippen LogP contribution in [0.5, 0.6) is 0 Å². The average Bonchev–Trinajstić information content (AvgIpc) is 2.90. The summed E-state index contributed by atoms with van der Waals surface area (Å²) in [6, 6.07) is 9.29. The summed E-state index contributed by atoms with van der Waals surface area (Å²) < 4.78 is 1.94. The number of aliphatic hydroxyl groups excluding tert-OH is 1. The van der Waals surface area contributed by atoms with Crippen LogP contribution in [0.15, 0.2) is 30.5 Å². The highest BCUT2D eigenvalue weighted by Crippen LogP contribution is 2.35. The number of benzene rings is 1. The summed E-state index contributed by atoms with van der Waals surface area (Å²) in [4.78, 5) is 2.53. The quantitative estimate of drug-likeness (QED) is 0.891. The van der Waals surface area contributed by atoms with Gasteiger partial charge in [-0.1, -0.05) is 24.3 Å². The van der Waals surface area contributed by atoms with Crippen molar-refractivity contribution < 1.29 is 5.11 Å². The predicted molar refractivity (Wildman–Crippen MR) is 92.2 cm³/mol. The third-order valence-corrected chi connectivity index (χ3v) is 5.09. The highest BCUT2D eigenvalue weighted by Gasteiger charge is 2.26. The van der Waals surface area contributed by atoms with Gasteiger partial charge in [0.25, 0.3) is 0 Å². The number of aromatic nitrogens is 2. The maximum Gasteiger partial charge on any atom is 0.0537 e. The molecule has 0 bridgehead atoms. The zero-order valence-corrected chi connectivity index (χ0v) is 14.2. The van der Waals surface area contributed by atoms with E-state index >= 15 is 0 Å². The fraction of sp³-hybridized carbons (Fsp3) is 0.526. The molecule has 0 saturated heterocycles. The van der Waals surface area contributed by atoms with Crippen molar-refractivity contribution >= 4 is 0 Å². The molecule has 1 aromatic carbocycles. The van der Waals surface area contributed by atoms with Crippen LogP contribution in [0.25, 0.3) is 0 Å². The summed E-state index contributed by atoms with van der Waals surface area (Å²) in [5.41, 5.74) is 5.47. The molecule has 0 spiro atoms. The minimum absolute atomic E-state index is 0.247. The summed E-state index contributed by atoms with van der Waals surface area (Å²) in [5.74, 6) is 0. The number of rotatable bonds is 6. The van der Waals surface area contributed by atoms with Gasteiger partial charge in [-0.2, -0.15) is 5.10 Å². The Kier molecular flexibility index (Phi) is 5.13. The first-order chi connectivity index (χ1) is 11.2. The van der Waals surface area contributed by atoms with Crippen molar-refractivity contribution in [1.29, 1.82) is 0 Å². The molecular weight excluding hydrogens is 286 g/mol. The molecule has 124 valence electrons. The molecule has 1 aliphatic rings. The Labute approximate surface area is 138 Å². The van der Waals surface area contributed by atoms with Crippen LogP contribution in [0, 0.1) is 6.92 Å². The lowest BCUT2D eigenvalue weighted by molar-refractivity contribution is 0.152. The average molecular weight is 313 g/mol. The number of aryl methyl sites for hydroxylation is 2. The zero-order chi connectivity index (χ0) is 16.2. The van der Waals surface area contributed by atoms with Crippen LogP contribution in [0.1, 0.15) is 47.7 Å². The van der Waals surface area contributed by atoms with Gasteiger partial charge in [0.2, 0.25) is 0 Å². The molecular formula is C19H27N3O. The lowest BCUT2D eigenvalue weighted by Gasteiger charge is -2.36. The molecule has 23 heavy (non-hydrogen) atoms. The van der Waals surface area contributed by atoms with Gasteiger partial charge in [-0.3, -0.25) is 9.58 Å². The van der Waals surface area contributed by atoms with Crippen LogP contribution < -0.4 is 0 Å². The van der Waals surface area contributed by atoms with E-state index in [0.717, 1.165) is 19.5 Å². The monoisotopic (exact) mass is 313 g/mol. The molecule has 4 heteroatoms. The first-order valence-corrected chi connectivity index (χ1v) is 8.61. The molecule has 0 radical (unpaired) electrons. The van der Waals surface area contributed by atoms with Gasteiger partial charge in [-0.15, -0.1) is 0 Å². The molecule has 0 aliphatic heterocycles. The number of hydrogen-bond donors (Lipinski definition) is 1. The normalized spacial score (nSPS) is 17.5. The van der Waals surface area contributed by atoms with Crippen LogP contribution in [0.3, 0.4) is 0 Å². The van der Waals surface area contributed by atoms with Crippen molar-refractivity contribution in [3.05, 3.63) is 52.8 Å². The van der Waals surface area contributed by atoms with Gasteiger partial charge in [-0.05, 0) is 43.7 Å². The number of nitrogens with zero attached hydrogens (tertiary/aromatic N) is 3. The van der Waals surface area contributed by atoms with Gasteiger partial charge in [0, 0.05) is 44.0 Å². The molecule has 1 aliphatic carbocycles. The topological polar surface area (TPSA) is 41.3 Å².